The molecule has 0 bridgehead atoms. The molecule has 1 aromatic rings. The van der Waals surface area contributed by atoms with Crippen molar-refractivity contribution in [3.8, 4) is 0 Å². The quantitative estimate of drug-likeness (QED) is 0.821. The number of carbonyl (C=O) groups excluding carboxylic acids is 1. The van der Waals surface area contributed by atoms with Crippen LogP contribution in [-0.2, 0) is 4.74 Å². The van der Waals surface area contributed by atoms with Crippen LogP contribution in [0.4, 0.5) is 0 Å². The number of likely N-dealkylation sites (tertiary alicyclic amines) is 2. The van der Waals surface area contributed by atoms with Crippen LogP contribution in [0.2, 0.25) is 0 Å². The molecule has 4 heterocycles. The molecule has 0 aromatic carbocycles. The first-order chi connectivity index (χ1) is 11.8. The smallest absolute Gasteiger partial charge is 0.254 e. The highest BCUT2D eigenvalue weighted by Crippen LogP contribution is 2.37. The summed E-state index contributed by atoms with van der Waals surface area (Å²) >= 11 is 1.59. The van der Waals surface area contributed by atoms with Gasteiger partial charge in [0.2, 0.25) is 0 Å². The number of carbonyl (C=O) groups is 1. The predicted octanol–water partition coefficient (Wildman–Crippen LogP) is 3.39. The van der Waals surface area contributed by atoms with E-state index >= 15 is 0 Å². The Balaban J connectivity index is 1.36. The normalized spacial score (nSPS) is 28.2. The second kappa shape index (κ2) is 7.14. The lowest BCUT2D eigenvalue weighted by atomic mass is 9.81. The van der Waals surface area contributed by atoms with Crippen LogP contribution in [0.5, 0.6) is 0 Å². The van der Waals surface area contributed by atoms with Crippen molar-refractivity contribution in [2.45, 2.75) is 56.6 Å². The zero-order valence-corrected chi connectivity index (χ0v) is 15.2. The Morgan fingerprint density at radius 1 is 1.17 bits per heavy atom. The molecule has 0 radical (unpaired) electrons. The van der Waals surface area contributed by atoms with Gasteiger partial charge in [0.05, 0.1) is 11.2 Å². The largest absolute Gasteiger partial charge is 0.375 e. The van der Waals surface area contributed by atoms with E-state index in [1.54, 1.807) is 11.3 Å². The summed E-state index contributed by atoms with van der Waals surface area (Å²) in [4.78, 5) is 17.2. The lowest BCUT2D eigenvalue weighted by molar-refractivity contribution is -0.131. The number of piperidine rings is 2. The summed E-state index contributed by atoms with van der Waals surface area (Å²) in [6.45, 7) is 5.09. The molecule has 5 heteroatoms. The minimum absolute atomic E-state index is 0.0196. The first-order valence-electron chi connectivity index (χ1n) is 9.45. The highest BCUT2D eigenvalue weighted by Gasteiger charge is 2.42. The number of rotatable bonds is 2. The molecular weight excluding hydrogens is 320 g/mol. The van der Waals surface area contributed by atoms with Gasteiger partial charge in [-0.1, -0.05) is 6.42 Å². The van der Waals surface area contributed by atoms with Gasteiger partial charge in [-0.15, -0.1) is 0 Å². The van der Waals surface area contributed by atoms with Crippen LogP contribution in [0, 0.1) is 0 Å². The van der Waals surface area contributed by atoms with E-state index in [9.17, 15) is 4.79 Å². The third-order valence-electron chi connectivity index (χ3n) is 6.10. The Bertz CT molecular complexity index is 546. The van der Waals surface area contributed by atoms with Gasteiger partial charge in [0.15, 0.2) is 0 Å². The molecule has 1 aromatic heterocycles. The molecule has 3 fully saturated rings. The molecule has 3 saturated heterocycles. The number of hydrogen-bond donors (Lipinski definition) is 0. The summed E-state index contributed by atoms with van der Waals surface area (Å²) in [6.07, 6.45) is 8.43. The molecule has 3 aliphatic heterocycles. The summed E-state index contributed by atoms with van der Waals surface area (Å²) in [6, 6.07) is 2.62. The number of thiophene rings is 1. The number of ether oxygens (including phenoxy) is 1. The minimum atomic E-state index is 0.0196. The second-order valence-corrected chi connectivity index (χ2v) is 8.36. The first-order valence-corrected chi connectivity index (χ1v) is 10.4. The van der Waals surface area contributed by atoms with Crippen LogP contribution in [0.1, 0.15) is 55.3 Å². The summed E-state index contributed by atoms with van der Waals surface area (Å²) in [5.74, 6) is 0.189. The summed E-state index contributed by atoms with van der Waals surface area (Å²) in [7, 11) is 0. The molecule has 24 heavy (non-hydrogen) atoms. The van der Waals surface area contributed by atoms with Crippen molar-refractivity contribution in [2.75, 3.05) is 32.8 Å². The average molecular weight is 349 g/mol. The molecule has 1 amide bonds. The van der Waals surface area contributed by atoms with Crippen LogP contribution in [0.3, 0.4) is 0 Å². The summed E-state index contributed by atoms with van der Waals surface area (Å²) in [5.41, 5.74) is 0.859. The van der Waals surface area contributed by atoms with Crippen LogP contribution in [-0.4, -0.2) is 60.1 Å². The summed E-state index contributed by atoms with van der Waals surface area (Å²) in [5, 5.41) is 3.93. The van der Waals surface area contributed by atoms with Gasteiger partial charge >= 0.3 is 0 Å². The van der Waals surface area contributed by atoms with Gasteiger partial charge < -0.3 is 14.5 Å². The third kappa shape index (κ3) is 3.39. The van der Waals surface area contributed by atoms with E-state index in [-0.39, 0.29) is 11.5 Å². The van der Waals surface area contributed by atoms with Gasteiger partial charge in [-0.2, -0.15) is 11.3 Å². The van der Waals surface area contributed by atoms with Crippen LogP contribution >= 0.6 is 11.3 Å². The second-order valence-electron chi connectivity index (χ2n) is 7.58. The SMILES string of the molecule is O=C(c1ccsc1)N1CCC2(CC1)CC(N1CCCCC1)CCO2. The first kappa shape index (κ1) is 16.6. The monoisotopic (exact) mass is 348 g/mol. The molecule has 132 valence electrons. The average Bonchev–Trinajstić information content (AvgIpc) is 3.17. The maximum absolute atomic E-state index is 12.5. The maximum atomic E-state index is 12.5. The van der Waals surface area contributed by atoms with Gasteiger partial charge in [0.1, 0.15) is 0 Å². The molecule has 4 rings (SSSR count). The zero-order chi connectivity index (χ0) is 16.4. The molecule has 3 aliphatic rings. The summed E-state index contributed by atoms with van der Waals surface area (Å²) < 4.78 is 6.28. The topological polar surface area (TPSA) is 32.8 Å². The van der Waals surface area contributed by atoms with Crippen molar-refractivity contribution in [1.29, 1.82) is 0 Å². The van der Waals surface area contributed by atoms with Crippen LogP contribution in [0.25, 0.3) is 0 Å². The van der Waals surface area contributed by atoms with Gasteiger partial charge in [0.25, 0.3) is 5.91 Å². The van der Waals surface area contributed by atoms with Crippen molar-refractivity contribution in [1.82, 2.24) is 9.80 Å². The fourth-order valence-electron chi connectivity index (χ4n) is 4.63. The lowest BCUT2D eigenvalue weighted by Gasteiger charge is -2.49. The lowest BCUT2D eigenvalue weighted by Crippen LogP contribution is -2.55. The van der Waals surface area contributed by atoms with E-state index < -0.39 is 0 Å². The molecule has 0 aliphatic carbocycles. The molecular formula is C19H28N2O2S. The highest BCUT2D eigenvalue weighted by atomic mass is 32.1. The van der Waals surface area contributed by atoms with E-state index in [1.807, 2.05) is 21.7 Å². The van der Waals surface area contributed by atoms with E-state index in [1.165, 1.54) is 38.8 Å². The molecule has 4 nitrogen and oxygen atoms in total. The number of hydrogen-bond acceptors (Lipinski definition) is 4. The van der Waals surface area contributed by atoms with Crippen molar-refractivity contribution >= 4 is 17.2 Å². The molecule has 1 spiro atoms. The van der Waals surface area contributed by atoms with Crippen molar-refractivity contribution < 1.29 is 9.53 Å². The van der Waals surface area contributed by atoms with Gasteiger partial charge in [-0.05, 0) is 63.1 Å². The van der Waals surface area contributed by atoms with Gasteiger partial charge in [-0.3, -0.25) is 4.79 Å². The Morgan fingerprint density at radius 3 is 2.67 bits per heavy atom. The standard InChI is InChI=1S/C19H28N2O2S/c22-18(16-5-13-24-15-16)21-10-6-19(7-11-21)14-17(4-12-23-19)20-8-2-1-3-9-20/h5,13,15,17H,1-4,6-12,14H2. The van der Waals surface area contributed by atoms with Gasteiger partial charge in [-0.25, -0.2) is 0 Å². The highest BCUT2D eigenvalue weighted by molar-refractivity contribution is 7.08. The Hall–Kier alpha value is -0.910. The van der Waals surface area contributed by atoms with Crippen molar-refractivity contribution in [2.24, 2.45) is 0 Å². The predicted molar refractivity (Wildman–Crippen MR) is 96.6 cm³/mol. The van der Waals surface area contributed by atoms with E-state index in [0.717, 1.165) is 44.5 Å². The number of amides is 1. The van der Waals surface area contributed by atoms with Crippen LogP contribution in [0.15, 0.2) is 16.8 Å². The minimum Gasteiger partial charge on any atom is -0.375 e. The Kier molecular flexibility index (Phi) is 4.93. The third-order valence-corrected chi connectivity index (χ3v) is 6.79. The maximum Gasteiger partial charge on any atom is 0.254 e. The van der Waals surface area contributed by atoms with E-state index in [2.05, 4.69) is 4.90 Å². The molecule has 1 unspecified atom stereocenters. The van der Waals surface area contributed by atoms with Crippen LogP contribution < -0.4 is 0 Å². The number of nitrogens with zero attached hydrogens (tertiary/aromatic N) is 2. The molecule has 0 N–H and O–H groups in total. The van der Waals surface area contributed by atoms with E-state index in [4.69, 9.17) is 4.74 Å². The van der Waals surface area contributed by atoms with Gasteiger partial charge in [0, 0.05) is 31.1 Å². The fraction of sp³-hybridized carbons (Fsp3) is 0.737. The fourth-order valence-corrected chi connectivity index (χ4v) is 5.26. The Labute approximate surface area is 148 Å². The van der Waals surface area contributed by atoms with Crippen molar-refractivity contribution in [3.05, 3.63) is 22.4 Å². The molecule has 1 atom stereocenters. The zero-order valence-electron chi connectivity index (χ0n) is 14.4. The van der Waals surface area contributed by atoms with E-state index in [0.29, 0.717) is 6.04 Å². The van der Waals surface area contributed by atoms with Crippen molar-refractivity contribution in [3.63, 3.8) is 0 Å². The molecule has 0 saturated carbocycles. The Morgan fingerprint density at radius 2 is 1.96 bits per heavy atom.